The Hall–Kier alpha value is -1.52. The zero-order valence-corrected chi connectivity index (χ0v) is 24.9. The molecular weight excluding hydrogens is 476 g/mol. The van der Waals surface area contributed by atoms with Crippen molar-refractivity contribution in [2.45, 2.75) is 131 Å². The van der Waals surface area contributed by atoms with E-state index in [-0.39, 0.29) is 18.0 Å². The maximum Gasteiger partial charge on any atom is 0.305 e. The second kappa shape index (κ2) is 10.8. The van der Waals surface area contributed by atoms with Gasteiger partial charge in [0.1, 0.15) is 12.2 Å². The molecule has 4 saturated carbocycles. The Labute approximate surface area is 230 Å². The first kappa shape index (κ1) is 28.0. The van der Waals surface area contributed by atoms with Crippen molar-refractivity contribution in [1.82, 2.24) is 0 Å². The standard InChI is InChI=1S/C33H52O5/c1-7-29(34)36-19-20(3)9-12-27-21(4)31-28(38-27)18-26-24-11-10-22-17-23(37-30(35)8-2)13-15-32(22,5)25(24)14-16-33(26,31)6/h20,22-26,28,31H,7-19H2,1-6H3/t20?,22-,23?,24?,25?,26?,28?,31?,32-,33-/m0/s1. The van der Waals surface area contributed by atoms with Crippen molar-refractivity contribution in [3.8, 4) is 0 Å². The van der Waals surface area contributed by atoms with Gasteiger partial charge >= 0.3 is 11.9 Å². The fourth-order valence-corrected chi connectivity index (χ4v) is 9.98. The van der Waals surface area contributed by atoms with Crippen molar-refractivity contribution in [2.75, 3.05) is 6.61 Å². The number of carbonyl (C=O) groups is 2. The zero-order valence-electron chi connectivity index (χ0n) is 24.9. The molecule has 5 rings (SSSR count). The maximum absolute atomic E-state index is 11.9. The van der Waals surface area contributed by atoms with E-state index in [1.165, 1.54) is 49.9 Å². The lowest BCUT2D eigenvalue weighted by molar-refractivity contribution is -0.161. The monoisotopic (exact) mass is 528 g/mol. The summed E-state index contributed by atoms with van der Waals surface area (Å²) in [6.45, 7) is 13.9. The van der Waals surface area contributed by atoms with E-state index in [9.17, 15) is 9.59 Å². The minimum atomic E-state index is -0.107. The summed E-state index contributed by atoms with van der Waals surface area (Å²) in [6.07, 6.45) is 13.2. The molecule has 1 heterocycles. The molecule has 0 spiro atoms. The first-order chi connectivity index (χ1) is 18.1. The average molecular weight is 529 g/mol. The van der Waals surface area contributed by atoms with E-state index in [2.05, 4.69) is 27.7 Å². The summed E-state index contributed by atoms with van der Waals surface area (Å²) in [6, 6.07) is 0. The van der Waals surface area contributed by atoms with Crippen molar-refractivity contribution in [1.29, 1.82) is 0 Å². The molecular formula is C33H52O5. The van der Waals surface area contributed by atoms with Gasteiger partial charge in [-0.25, -0.2) is 0 Å². The van der Waals surface area contributed by atoms with E-state index >= 15 is 0 Å². The highest BCUT2D eigenvalue weighted by atomic mass is 16.5. The molecule has 0 aromatic rings. The molecule has 5 nitrogen and oxygen atoms in total. The van der Waals surface area contributed by atoms with Crippen LogP contribution in [0.5, 0.6) is 0 Å². The molecule has 214 valence electrons. The van der Waals surface area contributed by atoms with Crippen LogP contribution in [0.4, 0.5) is 0 Å². The normalized spacial score (nSPS) is 42.3. The number of hydrogen-bond donors (Lipinski definition) is 0. The minimum absolute atomic E-state index is 0.0320. The number of fused-ring (bicyclic) bond motifs is 7. The van der Waals surface area contributed by atoms with Crippen LogP contribution < -0.4 is 0 Å². The van der Waals surface area contributed by atoms with E-state index < -0.39 is 0 Å². The van der Waals surface area contributed by atoms with Gasteiger partial charge in [-0.15, -0.1) is 0 Å². The first-order valence-corrected chi connectivity index (χ1v) is 15.8. The summed E-state index contributed by atoms with van der Waals surface area (Å²) in [7, 11) is 0. The Morgan fingerprint density at radius 3 is 2.45 bits per heavy atom. The average Bonchev–Trinajstić information content (AvgIpc) is 3.38. The summed E-state index contributed by atoms with van der Waals surface area (Å²) in [5, 5.41) is 0. The molecule has 5 aliphatic rings. The van der Waals surface area contributed by atoms with Crippen molar-refractivity contribution in [3.05, 3.63) is 11.3 Å². The summed E-state index contributed by atoms with van der Waals surface area (Å²) in [5.41, 5.74) is 2.25. The minimum Gasteiger partial charge on any atom is -0.494 e. The summed E-state index contributed by atoms with van der Waals surface area (Å²) in [4.78, 5) is 23.5. The number of ether oxygens (including phenoxy) is 3. The fourth-order valence-electron chi connectivity index (χ4n) is 9.98. The number of esters is 2. The lowest BCUT2D eigenvalue weighted by atomic mass is 9.44. The van der Waals surface area contributed by atoms with Crippen LogP contribution in [0.1, 0.15) is 119 Å². The van der Waals surface area contributed by atoms with Gasteiger partial charge in [-0.05, 0) is 111 Å². The molecule has 0 N–H and O–H groups in total. The van der Waals surface area contributed by atoms with Gasteiger partial charge in [0, 0.05) is 25.2 Å². The Balaban J connectivity index is 1.23. The van der Waals surface area contributed by atoms with Gasteiger partial charge in [-0.1, -0.05) is 34.6 Å². The van der Waals surface area contributed by atoms with Gasteiger partial charge in [0.25, 0.3) is 0 Å². The van der Waals surface area contributed by atoms with E-state index in [0.717, 1.165) is 43.4 Å². The van der Waals surface area contributed by atoms with Crippen molar-refractivity contribution in [3.63, 3.8) is 0 Å². The van der Waals surface area contributed by atoms with Crippen LogP contribution >= 0.6 is 0 Å². The van der Waals surface area contributed by atoms with E-state index in [0.29, 0.717) is 54.1 Å². The van der Waals surface area contributed by atoms with Crippen LogP contribution in [-0.4, -0.2) is 30.8 Å². The van der Waals surface area contributed by atoms with E-state index in [1.54, 1.807) is 0 Å². The predicted molar refractivity (Wildman–Crippen MR) is 148 cm³/mol. The molecule has 10 atom stereocenters. The largest absolute Gasteiger partial charge is 0.494 e. The lowest BCUT2D eigenvalue weighted by Gasteiger charge is -2.61. The number of rotatable bonds is 8. The van der Waals surface area contributed by atoms with Crippen LogP contribution in [0.25, 0.3) is 0 Å². The molecule has 0 aromatic carbocycles. The number of allylic oxidation sites excluding steroid dienone is 1. The molecule has 1 aliphatic heterocycles. The van der Waals surface area contributed by atoms with Gasteiger partial charge in [-0.2, -0.15) is 0 Å². The Morgan fingerprint density at radius 2 is 1.71 bits per heavy atom. The third-order valence-corrected chi connectivity index (χ3v) is 12.1. The van der Waals surface area contributed by atoms with Gasteiger partial charge in [-0.3, -0.25) is 9.59 Å². The van der Waals surface area contributed by atoms with Crippen LogP contribution in [0.15, 0.2) is 11.3 Å². The molecule has 7 unspecified atom stereocenters. The highest BCUT2D eigenvalue weighted by molar-refractivity contribution is 5.69. The van der Waals surface area contributed by atoms with Gasteiger partial charge in [0.05, 0.1) is 12.4 Å². The lowest BCUT2D eigenvalue weighted by Crippen LogP contribution is -2.54. The second-order valence-corrected chi connectivity index (χ2v) is 14.1. The molecule has 38 heavy (non-hydrogen) atoms. The molecule has 0 aromatic heterocycles. The highest BCUT2D eigenvalue weighted by Gasteiger charge is 2.64. The molecule has 4 fully saturated rings. The fraction of sp³-hybridized carbons (Fsp3) is 0.879. The molecule has 0 saturated heterocycles. The highest BCUT2D eigenvalue weighted by Crippen LogP contribution is 2.69. The van der Waals surface area contributed by atoms with Gasteiger partial charge in [0.2, 0.25) is 0 Å². The second-order valence-electron chi connectivity index (χ2n) is 14.1. The number of carbonyl (C=O) groups excluding carboxylic acids is 2. The SMILES string of the molecule is CCC(=O)OCC(C)CCC1=C(C)C2C(CC3C4CC[C@H]5CC(OC(=O)CC)CC[C@]5(C)C4CC[C@@]32C)O1. The van der Waals surface area contributed by atoms with Gasteiger partial charge in [0.15, 0.2) is 0 Å². The molecule has 0 amide bonds. The predicted octanol–water partition coefficient (Wildman–Crippen LogP) is 7.62. The van der Waals surface area contributed by atoms with Crippen molar-refractivity contribution >= 4 is 11.9 Å². The third kappa shape index (κ3) is 4.83. The third-order valence-electron chi connectivity index (χ3n) is 12.1. The molecule has 5 heteroatoms. The molecule has 0 bridgehead atoms. The topological polar surface area (TPSA) is 61.8 Å². The van der Waals surface area contributed by atoms with Crippen molar-refractivity contribution < 1.29 is 23.8 Å². The van der Waals surface area contributed by atoms with Crippen LogP contribution in [0, 0.1) is 46.3 Å². The van der Waals surface area contributed by atoms with Crippen LogP contribution in [0.2, 0.25) is 0 Å². The van der Waals surface area contributed by atoms with Crippen molar-refractivity contribution in [2.24, 2.45) is 46.3 Å². The van der Waals surface area contributed by atoms with E-state index in [4.69, 9.17) is 14.2 Å². The van der Waals surface area contributed by atoms with E-state index in [1.807, 2.05) is 13.8 Å². The van der Waals surface area contributed by atoms with Crippen LogP contribution in [0.3, 0.4) is 0 Å². The summed E-state index contributed by atoms with van der Waals surface area (Å²) in [5.74, 6) is 5.07. The Bertz CT molecular complexity index is 940. The quantitative estimate of drug-likeness (QED) is 0.303. The molecule has 4 aliphatic carbocycles. The van der Waals surface area contributed by atoms with Gasteiger partial charge < -0.3 is 14.2 Å². The molecule has 0 radical (unpaired) electrons. The summed E-state index contributed by atoms with van der Waals surface area (Å²) < 4.78 is 17.9. The Kier molecular flexibility index (Phi) is 7.97. The van der Waals surface area contributed by atoms with Crippen LogP contribution in [-0.2, 0) is 23.8 Å². The number of hydrogen-bond acceptors (Lipinski definition) is 5. The first-order valence-electron chi connectivity index (χ1n) is 15.8. The maximum atomic E-state index is 11.9. The Morgan fingerprint density at radius 1 is 0.974 bits per heavy atom. The smallest absolute Gasteiger partial charge is 0.305 e. The summed E-state index contributed by atoms with van der Waals surface area (Å²) >= 11 is 0. The zero-order chi connectivity index (χ0) is 27.2.